The van der Waals surface area contributed by atoms with Crippen LogP contribution in [0.25, 0.3) is 11.1 Å². The Kier molecular flexibility index (Phi) is 7.18. The van der Waals surface area contributed by atoms with Crippen LogP contribution in [0.4, 0.5) is 0 Å². The maximum absolute atomic E-state index is 11.7. The average molecular weight is 376 g/mol. The van der Waals surface area contributed by atoms with Crippen molar-refractivity contribution in [3.63, 3.8) is 0 Å². The normalized spacial score (nSPS) is 13.0. The van der Waals surface area contributed by atoms with Crippen molar-refractivity contribution < 1.29 is 19.4 Å². The van der Waals surface area contributed by atoms with Crippen molar-refractivity contribution in [3.05, 3.63) is 59.1 Å². The summed E-state index contributed by atoms with van der Waals surface area (Å²) in [4.78, 5) is 23.2. The summed E-state index contributed by atoms with van der Waals surface area (Å²) < 4.78 is 4.90. The number of nitrogens with one attached hydrogen (secondary N) is 1. The Morgan fingerprint density at radius 1 is 1.15 bits per heavy atom. The van der Waals surface area contributed by atoms with Crippen molar-refractivity contribution in [2.75, 3.05) is 6.61 Å². The molecule has 6 heteroatoms. The Bertz CT molecular complexity index is 761. The van der Waals surface area contributed by atoms with Gasteiger partial charge >= 0.3 is 11.9 Å². The van der Waals surface area contributed by atoms with Gasteiger partial charge in [-0.05, 0) is 49.1 Å². The van der Waals surface area contributed by atoms with Gasteiger partial charge in [-0.25, -0.2) is 0 Å². The Morgan fingerprint density at radius 3 is 2.42 bits per heavy atom. The number of benzene rings is 2. The van der Waals surface area contributed by atoms with Crippen molar-refractivity contribution in [2.45, 2.75) is 32.4 Å². The number of aliphatic carboxylic acids is 1. The highest BCUT2D eigenvalue weighted by atomic mass is 35.5. The van der Waals surface area contributed by atoms with Crippen LogP contribution >= 0.6 is 11.6 Å². The molecule has 0 aliphatic carbocycles. The summed E-state index contributed by atoms with van der Waals surface area (Å²) >= 11 is 6.01. The second-order valence-electron chi connectivity index (χ2n) is 5.94. The predicted octanol–water partition coefficient (Wildman–Crippen LogP) is 3.54. The van der Waals surface area contributed by atoms with E-state index >= 15 is 0 Å². The molecule has 138 valence electrons. The van der Waals surface area contributed by atoms with Gasteiger partial charge in [-0.2, -0.15) is 0 Å². The van der Waals surface area contributed by atoms with Gasteiger partial charge in [0.05, 0.1) is 6.61 Å². The molecule has 2 atom stereocenters. The van der Waals surface area contributed by atoms with Crippen LogP contribution in [0, 0.1) is 0 Å². The lowest BCUT2D eigenvalue weighted by Gasteiger charge is -2.19. The van der Waals surface area contributed by atoms with Crippen LogP contribution in [0.15, 0.2) is 48.5 Å². The highest BCUT2D eigenvalue weighted by Gasteiger charge is 2.24. The molecule has 0 aromatic heterocycles. The zero-order valence-electron chi connectivity index (χ0n) is 14.7. The number of hydrogen-bond donors (Lipinski definition) is 2. The van der Waals surface area contributed by atoms with Crippen molar-refractivity contribution in [2.24, 2.45) is 0 Å². The number of carboxylic acid groups (broad SMARTS) is 1. The van der Waals surface area contributed by atoms with Crippen LogP contribution < -0.4 is 5.32 Å². The van der Waals surface area contributed by atoms with E-state index in [-0.39, 0.29) is 13.0 Å². The van der Waals surface area contributed by atoms with Crippen molar-refractivity contribution in [1.82, 2.24) is 5.32 Å². The van der Waals surface area contributed by atoms with E-state index in [2.05, 4.69) is 5.32 Å². The Labute approximate surface area is 157 Å². The van der Waals surface area contributed by atoms with Crippen molar-refractivity contribution >= 4 is 23.5 Å². The first-order valence-corrected chi connectivity index (χ1v) is 8.79. The van der Waals surface area contributed by atoms with Gasteiger partial charge in [0, 0.05) is 5.02 Å². The molecule has 2 aromatic rings. The zero-order chi connectivity index (χ0) is 19.1. The standard InChI is InChI=1S/C20H22ClNO4/c1-3-26-20(25)13(2)22-18(19(23)24)11-14-7-9-15(10-8-14)16-5-4-6-17(21)12-16/h4-10,12-13,18,22H,3,11H2,1-2H3,(H,23,24)/t13-,18-/m1/s1. The van der Waals surface area contributed by atoms with Gasteiger partial charge < -0.3 is 9.84 Å². The molecule has 2 aromatic carbocycles. The minimum Gasteiger partial charge on any atom is -0.480 e. The highest BCUT2D eigenvalue weighted by Crippen LogP contribution is 2.23. The lowest BCUT2D eigenvalue weighted by atomic mass is 10.0. The molecule has 0 saturated carbocycles. The first kappa shape index (κ1) is 19.9. The molecule has 2 N–H and O–H groups in total. The molecule has 0 unspecified atom stereocenters. The van der Waals surface area contributed by atoms with E-state index in [0.717, 1.165) is 16.7 Å². The minimum atomic E-state index is -1.01. The maximum Gasteiger partial charge on any atom is 0.322 e. The summed E-state index contributed by atoms with van der Waals surface area (Å²) in [6.45, 7) is 3.56. The second-order valence-corrected chi connectivity index (χ2v) is 6.38. The summed E-state index contributed by atoms with van der Waals surface area (Å²) in [5.74, 6) is -1.48. The summed E-state index contributed by atoms with van der Waals surface area (Å²) in [5, 5.41) is 12.9. The van der Waals surface area contributed by atoms with Crippen molar-refractivity contribution in [1.29, 1.82) is 0 Å². The largest absolute Gasteiger partial charge is 0.480 e. The molecule has 0 spiro atoms. The SMILES string of the molecule is CCOC(=O)[C@@H](C)N[C@H](Cc1ccc(-c2cccc(Cl)c2)cc1)C(=O)O. The van der Waals surface area contributed by atoms with Crippen LogP contribution in [0.5, 0.6) is 0 Å². The molecule has 26 heavy (non-hydrogen) atoms. The molecule has 2 rings (SSSR count). The minimum absolute atomic E-state index is 0.257. The van der Waals surface area contributed by atoms with E-state index in [0.29, 0.717) is 5.02 Å². The topological polar surface area (TPSA) is 75.6 Å². The summed E-state index contributed by atoms with van der Waals surface area (Å²) in [6.07, 6.45) is 0.259. The number of rotatable bonds is 8. The van der Waals surface area contributed by atoms with E-state index < -0.39 is 24.0 Å². The smallest absolute Gasteiger partial charge is 0.322 e. The van der Waals surface area contributed by atoms with Crippen molar-refractivity contribution in [3.8, 4) is 11.1 Å². The molecule has 0 radical (unpaired) electrons. The molecule has 0 heterocycles. The number of halogens is 1. The van der Waals surface area contributed by atoms with E-state index in [4.69, 9.17) is 16.3 Å². The van der Waals surface area contributed by atoms with E-state index in [1.165, 1.54) is 0 Å². The highest BCUT2D eigenvalue weighted by molar-refractivity contribution is 6.30. The molecule has 0 aliphatic rings. The van der Waals surface area contributed by atoms with Crippen LogP contribution in [-0.2, 0) is 20.7 Å². The van der Waals surface area contributed by atoms with E-state index in [9.17, 15) is 14.7 Å². The van der Waals surface area contributed by atoms with Crippen LogP contribution in [0.2, 0.25) is 5.02 Å². The van der Waals surface area contributed by atoms with Gasteiger partial charge in [0.1, 0.15) is 12.1 Å². The number of ether oxygens (including phenoxy) is 1. The second kappa shape index (κ2) is 9.36. The lowest BCUT2D eigenvalue weighted by molar-refractivity contribution is -0.146. The quantitative estimate of drug-likeness (QED) is 0.690. The molecule has 5 nitrogen and oxygen atoms in total. The number of carbonyl (C=O) groups is 2. The molecule has 0 amide bonds. The van der Waals surface area contributed by atoms with E-state index in [1.807, 2.05) is 48.5 Å². The number of carboxylic acids is 1. The Hall–Kier alpha value is -2.37. The zero-order valence-corrected chi connectivity index (χ0v) is 15.5. The first-order chi connectivity index (χ1) is 12.4. The Morgan fingerprint density at radius 2 is 1.85 bits per heavy atom. The molecule has 0 saturated heterocycles. The van der Waals surface area contributed by atoms with Gasteiger partial charge in [-0.15, -0.1) is 0 Å². The third-order valence-corrected chi connectivity index (χ3v) is 4.18. The number of carbonyl (C=O) groups excluding carboxylic acids is 1. The third-order valence-electron chi connectivity index (χ3n) is 3.94. The molecular weight excluding hydrogens is 354 g/mol. The summed E-state index contributed by atoms with van der Waals surface area (Å²) in [5.41, 5.74) is 2.84. The third kappa shape index (κ3) is 5.58. The summed E-state index contributed by atoms with van der Waals surface area (Å²) in [7, 11) is 0. The van der Waals surface area contributed by atoms with Crippen LogP contribution in [0.1, 0.15) is 19.4 Å². The molecule has 0 bridgehead atoms. The first-order valence-electron chi connectivity index (χ1n) is 8.41. The van der Waals surface area contributed by atoms with Crippen LogP contribution in [-0.4, -0.2) is 35.7 Å². The lowest BCUT2D eigenvalue weighted by Crippen LogP contribution is -2.47. The van der Waals surface area contributed by atoms with Gasteiger partial charge in [0.25, 0.3) is 0 Å². The Balaban J connectivity index is 2.07. The number of hydrogen-bond acceptors (Lipinski definition) is 4. The van der Waals surface area contributed by atoms with Gasteiger partial charge in [0.15, 0.2) is 0 Å². The fourth-order valence-electron chi connectivity index (χ4n) is 2.59. The fraction of sp³-hybridized carbons (Fsp3) is 0.300. The summed E-state index contributed by atoms with van der Waals surface area (Å²) in [6, 6.07) is 13.6. The molecular formula is C20H22ClNO4. The van der Waals surface area contributed by atoms with Gasteiger partial charge in [-0.3, -0.25) is 14.9 Å². The number of esters is 1. The van der Waals surface area contributed by atoms with E-state index in [1.54, 1.807) is 13.8 Å². The van der Waals surface area contributed by atoms with Gasteiger partial charge in [0.2, 0.25) is 0 Å². The molecule has 0 aliphatic heterocycles. The monoisotopic (exact) mass is 375 g/mol. The maximum atomic E-state index is 11.7. The average Bonchev–Trinajstić information content (AvgIpc) is 2.61. The molecule has 0 fully saturated rings. The van der Waals surface area contributed by atoms with Crippen LogP contribution in [0.3, 0.4) is 0 Å². The fourth-order valence-corrected chi connectivity index (χ4v) is 2.78. The predicted molar refractivity (Wildman–Crippen MR) is 101 cm³/mol. The van der Waals surface area contributed by atoms with Gasteiger partial charge in [-0.1, -0.05) is 48.0 Å².